The van der Waals surface area contributed by atoms with Gasteiger partial charge in [0.15, 0.2) is 0 Å². The number of aliphatic hydroxyl groups is 1. The number of nitrogens with zero attached hydrogens (tertiary/aromatic N) is 1. The Kier molecular flexibility index (Phi) is 4.91. The molecule has 0 aliphatic heterocycles. The minimum absolute atomic E-state index is 0.121. The fourth-order valence-corrected chi connectivity index (χ4v) is 3.37. The number of hydrogen-bond acceptors (Lipinski definition) is 3. The van der Waals surface area contributed by atoms with Crippen LogP contribution < -0.4 is 0 Å². The number of carboxylic acids is 1. The highest BCUT2D eigenvalue weighted by Gasteiger charge is 2.35. The average Bonchev–Trinajstić information content (AvgIpc) is 2.65. The SMILES string of the molecule is CN(CCCC(=O)O)C1c2cc(Cl)cc(Cl)c2CC1O. The minimum Gasteiger partial charge on any atom is -0.481 e. The third-order valence-electron chi connectivity index (χ3n) is 3.67. The van der Waals surface area contributed by atoms with E-state index < -0.39 is 12.1 Å². The van der Waals surface area contributed by atoms with E-state index in [1.165, 1.54) is 0 Å². The van der Waals surface area contributed by atoms with E-state index in [1.54, 1.807) is 6.07 Å². The van der Waals surface area contributed by atoms with Crippen LogP contribution in [-0.2, 0) is 11.2 Å². The Labute approximate surface area is 127 Å². The van der Waals surface area contributed by atoms with Crippen LogP contribution in [0.1, 0.15) is 30.0 Å². The molecule has 2 rings (SSSR count). The summed E-state index contributed by atoms with van der Waals surface area (Å²) in [6.07, 6.45) is 0.615. The molecule has 0 bridgehead atoms. The monoisotopic (exact) mass is 317 g/mol. The summed E-state index contributed by atoms with van der Waals surface area (Å²) in [6.45, 7) is 0.595. The zero-order valence-corrected chi connectivity index (χ0v) is 12.7. The molecule has 110 valence electrons. The molecule has 1 aliphatic rings. The Morgan fingerprint density at radius 1 is 1.45 bits per heavy atom. The second-order valence-electron chi connectivity index (χ2n) is 5.15. The summed E-state index contributed by atoms with van der Waals surface area (Å²) in [5, 5.41) is 20.0. The molecule has 2 N–H and O–H groups in total. The van der Waals surface area contributed by atoms with E-state index in [0.29, 0.717) is 29.4 Å². The van der Waals surface area contributed by atoms with Crippen molar-refractivity contribution in [1.29, 1.82) is 0 Å². The third-order valence-corrected chi connectivity index (χ3v) is 4.22. The molecule has 4 nitrogen and oxygen atoms in total. The van der Waals surface area contributed by atoms with E-state index in [9.17, 15) is 9.90 Å². The predicted molar refractivity (Wildman–Crippen MR) is 78.4 cm³/mol. The van der Waals surface area contributed by atoms with E-state index in [2.05, 4.69) is 0 Å². The first-order valence-corrected chi connectivity index (χ1v) is 7.23. The lowest BCUT2D eigenvalue weighted by Gasteiger charge is -2.27. The molecule has 0 spiro atoms. The van der Waals surface area contributed by atoms with Crippen molar-refractivity contribution >= 4 is 29.2 Å². The van der Waals surface area contributed by atoms with Crippen LogP contribution in [0.25, 0.3) is 0 Å². The topological polar surface area (TPSA) is 60.8 Å². The Morgan fingerprint density at radius 3 is 2.80 bits per heavy atom. The Balaban J connectivity index is 2.15. The van der Waals surface area contributed by atoms with Crippen LogP contribution in [0.5, 0.6) is 0 Å². The van der Waals surface area contributed by atoms with Crippen LogP contribution in [0, 0.1) is 0 Å². The van der Waals surface area contributed by atoms with Crippen LogP contribution in [0.15, 0.2) is 12.1 Å². The third kappa shape index (κ3) is 3.26. The zero-order chi connectivity index (χ0) is 14.9. The molecule has 0 heterocycles. The molecule has 1 aliphatic carbocycles. The number of aliphatic hydroxyl groups excluding tert-OH is 1. The molecule has 2 unspecified atom stereocenters. The van der Waals surface area contributed by atoms with Crippen molar-refractivity contribution in [3.63, 3.8) is 0 Å². The largest absolute Gasteiger partial charge is 0.481 e. The maximum absolute atomic E-state index is 10.6. The van der Waals surface area contributed by atoms with Gasteiger partial charge in [-0.15, -0.1) is 0 Å². The van der Waals surface area contributed by atoms with Crippen LogP contribution in [0.2, 0.25) is 10.0 Å². The number of aliphatic carboxylic acids is 1. The zero-order valence-electron chi connectivity index (χ0n) is 11.1. The second-order valence-corrected chi connectivity index (χ2v) is 5.99. The molecule has 1 aromatic rings. The van der Waals surface area contributed by atoms with Gasteiger partial charge in [-0.3, -0.25) is 9.69 Å². The lowest BCUT2D eigenvalue weighted by atomic mass is 10.1. The van der Waals surface area contributed by atoms with Gasteiger partial charge < -0.3 is 10.2 Å². The lowest BCUT2D eigenvalue weighted by molar-refractivity contribution is -0.137. The van der Waals surface area contributed by atoms with Crippen LogP contribution in [-0.4, -0.2) is 40.8 Å². The van der Waals surface area contributed by atoms with Crippen molar-refractivity contribution in [3.05, 3.63) is 33.3 Å². The van der Waals surface area contributed by atoms with Crippen LogP contribution in [0.4, 0.5) is 0 Å². The molecule has 2 atom stereocenters. The maximum atomic E-state index is 10.6. The summed E-state index contributed by atoms with van der Waals surface area (Å²) in [5.41, 5.74) is 1.87. The Hall–Kier alpha value is -0.810. The number of rotatable bonds is 5. The van der Waals surface area contributed by atoms with E-state index in [1.807, 2.05) is 18.0 Å². The van der Waals surface area contributed by atoms with Crippen molar-refractivity contribution in [1.82, 2.24) is 4.90 Å². The average molecular weight is 318 g/mol. The summed E-state index contributed by atoms with van der Waals surface area (Å²) >= 11 is 12.2. The quantitative estimate of drug-likeness (QED) is 0.876. The number of hydrogen-bond donors (Lipinski definition) is 2. The number of fused-ring (bicyclic) bond motifs is 1. The normalized spacial score (nSPS) is 21.2. The molecule has 0 fully saturated rings. The highest BCUT2D eigenvalue weighted by atomic mass is 35.5. The summed E-state index contributed by atoms with van der Waals surface area (Å²) < 4.78 is 0. The molecule has 0 saturated carbocycles. The van der Waals surface area contributed by atoms with Crippen molar-refractivity contribution < 1.29 is 15.0 Å². The molecule has 0 saturated heterocycles. The van der Waals surface area contributed by atoms with Gasteiger partial charge in [-0.25, -0.2) is 0 Å². The second kappa shape index (κ2) is 6.31. The molecule has 0 aromatic heterocycles. The van der Waals surface area contributed by atoms with E-state index in [0.717, 1.165) is 11.1 Å². The van der Waals surface area contributed by atoms with Gasteiger partial charge in [0.05, 0.1) is 12.1 Å². The van der Waals surface area contributed by atoms with Gasteiger partial charge in [0, 0.05) is 22.9 Å². The van der Waals surface area contributed by atoms with Crippen molar-refractivity contribution in [3.8, 4) is 0 Å². The van der Waals surface area contributed by atoms with Gasteiger partial charge in [-0.05, 0) is 43.3 Å². The van der Waals surface area contributed by atoms with Gasteiger partial charge in [-0.1, -0.05) is 23.2 Å². The van der Waals surface area contributed by atoms with E-state index in [-0.39, 0.29) is 12.5 Å². The number of likely N-dealkylation sites (N-methyl/N-ethyl adjacent to an activating group) is 1. The van der Waals surface area contributed by atoms with Gasteiger partial charge in [-0.2, -0.15) is 0 Å². The first-order chi connectivity index (χ1) is 9.40. The molecule has 1 aromatic carbocycles. The number of halogens is 2. The van der Waals surface area contributed by atoms with E-state index in [4.69, 9.17) is 28.3 Å². The lowest BCUT2D eigenvalue weighted by Crippen LogP contribution is -2.32. The van der Waals surface area contributed by atoms with Gasteiger partial charge in [0.1, 0.15) is 0 Å². The summed E-state index contributed by atoms with van der Waals surface area (Å²) in [6, 6.07) is 3.33. The standard InChI is InChI=1S/C14H17Cl2NO3/c1-17(4-2-3-13(19)20)14-10-5-8(15)6-11(16)9(10)7-12(14)18/h5-6,12,14,18H,2-4,7H2,1H3,(H,19,20). The highest BCUT2D eigenvalue weighted by molar-refractivity contribution is 6.35. The van der Waals surface area contributed by atoms with E-state index >= 15 is 0 Å². The first kappa shape index (κ1) is 15.6. The van der Waals surface area contributed by atoms with Crippen LogP contribution in [0.3, 0.4) is 0 Å². The van der Waals surface area contributed by atoms with Gasteiger partial charge in [0.2, 0.25) is 0 Å². The molecule has 0 radical (unpaired) electrons. The molecule has 0 amide bonds. The molecule has 20 heavy (non-hydrogen) atoms. The smallest absolute Gasteiger partial charge is 0.303 e. The van der Waals surface area contributed by atoms with Crippen LogP contribution >= 0.6 is 23.2 Å². The highest BCUT2D eigenvalue weighted by Crippen LogP contribution is 2.40. The molecular weight excluding hydrogens is 301 g/mol. The van der Waals surface area contributed by atoms with Crippen molar-refractivity contribution in [2.45, 2.75) is 31.4 Å². The maximum Gasteiger partial charge on any atom is 0.303 e. The summed E-state index contributed by atoms with van der Waals surface area (Å²) in [7, 11) is 1.87. The summed E-state index contributed by atoms with van der Waals surface area (Å²) in [5.74, 6) is -0.808. The Morgan fingerprint density at radius 2 is 2.15 bits per heavy atom. The van der Waals surface area contributed by atoms with Gasteiger partial charge in [0.25, 0.3) is 0 Å². The number of carboxylic acid groups (broad SMARTS) is 1. The molecule has 6 heteroatoms. The number of benzene rings is 1. The van der Waals surface area contributed by atoms with Gasteiger partial charge >= 0.3 is 5.97 Å². The molecular formula is C14H17Cl2NO3. The van der Waals surface area contributed by atoms with Crippen molar-refractivity contribution in [2.24, 2.45) is 0 Å². The number of carbonyl (C=O) groups is 1. The summed E-state index contributed by atoms with van der Waals surface area (Å²) in [4.78, 5) is 12.5. The van der Waals surface area contributed by atoms with Crippen molar-refractivity contribution in [2.75, 3.05) is 13.6 Å². The fourth-order valence-electron chi connectivity index (χ4n) is 2.78. The first-order valence-electron chi connectivity index (χ1n) is 6.48. The Bertz CT molecular complexity index is 521. The fraction of sp³-hybridized carbons (Fsp3) is 0.500. The minimum atomic E-state index is -0.808. The predicted octanol–water partition coefficient (Wildman–Crippen LogP) is 2.75.